The highest BCUT2D eigenvalue weighted by atomic mass is 32.2. The van der Waals surface area contributed by atoms with Crippen LogP contribution in [-0.2, 0) is 39.8 Å². The highest BCUT2D eigenvalue weighted by Gasteiger charge is 2.19. The van der Waals surface area contributed by atoms with Gasteiger partial charge in [0.15, 0.2) is 11.2 Å². The Labute approximate surface area is 175 Å². The van der Waals surface area contributed by atoms with Crippen LogP contribution >= 0.6 is 11.3 Å². The molecule has 0 amide bonds. The predicted molar refractivity (Wildman–Crippen MR) is 110 cm³/mol. The van der Waals surface area contributed by atoms with Gasteiger partial charge in [-0.05, 0) is 17.9 Å². The highest BCUT2D eigenvalue weighted by molar-refractivity contribution is 7.91. The zero-order valence-corrected chi connectivity index (χ0v) is 18.0. The Morgan fingerprint density at radius 3 is 2.80 bits per heavy atom. The van der Waals surface area contributed by atoms with Gasteiger partial charge in [0.05, 0.1) is 0 Å². The Hall–Kier alpha value is -2.77. The van der Waals surface area contributed by atoms with Gasteiger partial charge in [0.2, 0.25) is 0 Å². The summed E-state index contributed by atoms with van der Waals surface area (Å²) < 4.78 is 34.3. The zero-order chi connectivity index (χ0) is 21.9. The minimum absolute atomic E-state index is 0.0925. The lowest BCUT2D eigenvalue weighted by atomic mass is 10.3. The quantitative estimate of drug-likeness (QED) is 0.442. The smallest absolute Gasteiger partial charge is 0.330 e. The number of nitrogens with one attached hydrogen (secondary N) is 2. The maximum Gasteiger partial charge on any atom is 0.330 e. The molecular weight excluding hydrogens is 434 g/mol. The van der Waals surface area contributed by atoms with Gasteiger partial charge in [-0.2, -0.15) is 4.72 Å². The van der Waals surface area contributed by atoms with Crippen LogP contribution in [-0.4, -0.2) is 40.0 Å². The molecule has 0 fully saturated rings. The number of aromatic nitrogens is 4. The summed E-state index contributed by atoms with van der Waals surface area (Å²) in [6, 6.07) is 3.01. The molecule has 0 spiro atoms. The maximum absolute atomic E-state index is 12.2. The number of ether oxygens (including phenoxy) is 1. The number of carbonyl (C=O) groups excluding carboxylic acids is 1. The molecule has 13 heteroatoms. The number of carbonyl (C=O) groups is 1. The number of rotatable bonds is 9. The number of hydrogen-bond acceptors (Lipinski definition) is 8. The first-order valence-corrected chi connectivity index (χ1v) is 11.5. The van der Waals surface area contributed by atoms with E-state index in [-0.39, 0.29) is 27.8 Å². The third kappa shape index (κ3) is 4.52. The van der Waals surface area contributed by atoms with Gasteiger partial charge in [-0.1, -0.05) is 19.4 Å². The molecule has 3 aromatic rings. The van der Waals surface area contributed by atoms with Gasteiger partial charge in [0.25, 0.3) is 15.6 Å². The summed E-state index contributed by atoms with van der Waals surface area (Å²) in [5, 5.41) is 1.61. The minimum atomic E-state index is -3.79. The Morgan fingerprint density at radius 2 is 2.13 bits per heavy atom. The Morgan fingerprint density at radius 1 is 1.37 bits per heavy atom. The fraction of sp³-hybridized carbons (Fsp3) is 0.412. The minimum Gasteiger partial charge on any atom is -0.457 e. The van der Waals surface area contributed by atoms with Crippen LogP contribution in [0.2, 0.25) is 0 Å². The molecule has 3 aromatic heterocycles. The Balaban J connectivity index is 1.74. The van der Waals surface area contributed by atoms with Crippen LogP contribution in [0.15, 0.2) is 31.3 Å². The van der Waals surface area contributed by atoms with Crippen molar-refractivity contribution in [2.45, 2.75) is 37.1 Å². The molecule has 0 aliphatic rings. The lowest BCUT2D eigenvalue weighted by Crippen LogP contribution is -2.31. The van der Waals surface area contributed by atoms with E-state index in [0.717, 1.165) is 24.2 Å². The molecule has 0 aliphatic heterocycles. The molecule has 3 heterocycles. The molecule has 0 unspecified atom stereocenters. The van der Waals surface area contributed by atoms with Gasteiger partial charge in [0, 0.05) is 13.6 Å². The topological polar surface area (TPSA) is 145 Å². The molecule has 0 aromatic carbocycles. The van der Waals surface area contributed by atoms with Crippen LogP contribution in [0, 0.1) is 0 Å². The van der Waals surface area contributed by atoms with E-state index in [0.29, 0.717) is 6.54 Å². The molecule has 0 aliphatic carbocycles. The summed E-state index contributed by atoms with van der Waals surface area (Å²) in [5.41, 5.74) is -0.732. The van der Waals surface area contributed by atoms with Crippen molar-refractivity contribution in [1.29, 1.82) is 0 Å². The summed E-state index contributed by atoms with van der Waals surface area (Å²) >= 11 is 1.03. The van der Waals surface area contributed by atoms with Crippen molar-refractivity contribution in [2.75, 3.05) is 6.54 Å². The summed E-state index contributed by atoms with van der Waals surface area (Å²) in [6.45, 7) is 1.53. The first-order chi connectivity index (χ1) is 14.2. The number of esters is 1. The van der Waals surface area contributed by atoms with Gasteiger partial charge >= 0.3 is 11.7 Å². The third-order valence-corrected chi connectivity index (χ3v) is 7.17. The second-order valence-corrected chi connectivity index (χ2v) is 9.38. The highest BCUT2D eigenvalue weighted by Crippen LogP contribution is 2.15. The summed E-state index contributed by atoms with van der Waals surface area (Å²) in [6.07, 6.45) is 1.58. The fourth-order valence-electron chi connectivity index (χ4n) is 2.78. The molecule has 0 atom stereocenters. The van der Waals surface area contributed by atoms with Crippen molar-refractivity contribution in [1.82, 2.24) is 23.8 Å². The Kier molecular flexibility index (Phi) is 6.53. The van der Waals surface area contributed by atoms with Crippen LogP contribution < -0.4 is 16.0 Å². The SMILES string of the molecule is CCCCn1c(=O)[nH]c(=O)c2c1nc(COC(=O)CNS(=O)(=O)c1cccs1)n2C. The van der Waals surface area contributed by atoms with Crippen molar-refractivity contribution in [3.63, 3.8) is 0 Å². The van der Waals surface area contributed by atoms with Crippen molar-refractivity contribution >= 4 is 38.5 Å². The monoisotopic (exact) mass is 455 g/mol. The molecule has 30 heavy (non-hydrogen) atoms. The number of H-pyrrole nitrogens is 1. The summed E-state index contributed by atoms with van der Waals surface area (Å²) in [4.78, 5) is 42.9. The van der Waals surface area contributed by atoms with Crippen LogP contribution in [0.3, 0.4) is 0 Å². The van der Waals surface area contributed by atoms with Crippen molar-refractivity contribution in [2.24, 2.45) is 7.05 Å². The lowest BCUT2D eigenvalue weighted by Gasteiger charge is -2.06. The maximum atomic E-state index is 12.2. The number of imidazole rings is 1. The van der Waals surface area contributed by atoms with Gasteiger partial charge in [-0.3, -0.25) is 19.1 Å². The molecule has 3 rings (SSSR count). The molecule has 0 saturated carbocycles. The van der Waals surface area contributed by atoms with Crippen molar-refractivity contribution in [3.8, 4) is 0 Å². The van der Waals surface area contributed by atoms with E-state index in [2.05, 4.69) is 14.7 Å². The number of aromatic amines is 1. The number of thiophene rings is 1. The number of aryl methyl sites for hydroxylation is 2. The molecule has 0 radical (unpaired) electrons. The van der Waals surface area contributed by atoms with Crippen molar-refractivity contribution < 1.29 is 17.9 Å². The van der Waals surface area contributed by atoms with E-state index >= 15 is 0 Å². The van der Waals surface area contributed by atoms with E-state index in [1.807, 2.05) is 6.92 Å². The third-order valence-electron chi connectivity index (χ3n) is 4.37. The Bertz CT molecular complexity index is 1270. The second-order valence-electron chi connectivity index (χ2n) is 6.44. The number of unbranched alkanes of at least 4 members (excludes halogenated alkanes) is 1. The molecular formula is C17H21N5O6S2. The molecule has 0 bridgehead atoms. The van der Waals surface area contributed by atoms with Crippen LogP contribution in [0.1, 0.15) is 25.6 Å². The van der Waals surface area contributed by atoms with E-state index in [1.54, 1.807) is 18.5 Å². The number of hydrogen-bond donors (Lipinski definition) is 2. The average Bonchev–Trinajstić information content (AvgIpc) is 3.34. The van der Waals surface area contributed by atoms with Gasteiger partial charge in [-0.25, -0.2) is 18.2 Å². The van der Waals surface area contributed by atoms with E-state index in [4.69, 9.17) is 4.74 Å². The van der Waals surface area contributed by atoms with Crippen molar-refractivity contribution in [3.05, 3.63) is 44.2 Å². The fourth-order valence-corrected chi connectivity index (χ4v) is 4.79. The van der Waals surface area contributed by atoms with E-state index in [1.165, 1.54) is 15.2 Å². The molecule has 2 N–H and O–H groups in total. The lowest BCUT2D eigenvalue weighted by molar-refractivity contribution is -0.143. The normalized spacial score (nSPS) is 11.8. The number of fused-ring (bicyclic) bond motifs is 1. The first-order valence-electron chi connectivity index (χ1n) is 9.11. The predicted octanol–water partition coefficient (Wildman–Crippen LogP) is 0.307. The van der Waals surface area contributed by atoms with Crippen LogP contribution in [0.25, 0.3) is 11.2 Å². The molecule has 0 saturated heterocycles. The van der Waals surface area contributed by atoms with E-state index < -0.39 is 33.8 Å². The van der Waals surface area contributed by atoms with Gasteiger partial charge in [0.1, 0.15) is 23.2 Å². The summed E-state index contributed by atoms with van der Waals surface area (Å²) in [7, 11) is -2.21. The average molecular weight is 456 g/mol. The number of nitrogens with zero attached hydrogens (tertiary/aromatic N) is 3. The van der Waals surface area contributed by atoms with Crippen LogP contribution in [0.4, 0.5) is 0 Å². The van der Waals surface area contributed by atoms with Crippen LogP contribution in [0.5, 0.6) is 0 Å². The number of sulfonamides is 1. The summed E-state index contributed by atoms with van der Waals surface area (Å²) in [5.74, 6) is -0.555. The standard InChI is InChI=1S/C17H21N5O6S2/c1-3-4-7-22-15-14(16(24)20-17(22)25)21(2)11(19-15)10-28-12(23)9-18-30(26,27)13-6-5-8-29-13/h5-6,8,18H,3-4,7,9-10H2,1-2H3,(H,20,24,25). The zero-order valence-electron chi connectivity index (χ0n) is 16.4. The molecule has 11 nitrogen and oxygen atoms in total. The van der Waals surface area contributed by atoms with Gasteiger partial charge < -0.3 is 9.30 Å². The largest absolute Gasteiger partial charge is 0.457 e. The van der Waals surface area contributed by atoms with Gasteiger partial charge in [-0.15, -0.1) is 11.3 Å². The molecule has 162 valence electrons. The second kappa shape index (κ2) is 8.93. The first kappa shape index (κ1) is 21.9. The van der Waals surface area contributed by atoms with E-state index in [9.17, 15) is 22.8 Å².